The number of aromatic nitrogens is 3. The number of nitrogens with zero attached hydrogens (tertiary/aromatic N) is 3. The van der Waals surface area contributed by atoms with Crippen LogP contribution in [0, 0.1) is 0 Å². The molecule has 3 heteroatoms. The maximum absolute atomic E-state index is 5.30. The molecule has 0 spiro atoms. The van der Waals surface area contributed by atoms with Crippen LogP contribution in [0.2, 0.25) is 0 Å². The smallest absolute Gasteiger partial charge is 0.161 e. The Morgan fingerprint density at radius 3 is 1.87 bits per heavy atom. The van der Waals surface area contributed by atoms with Gasteiger partial charge in [-0.2, -0.15) is 0 Å². The van der Waals surface area contributed by atoms with E-state index in [0.29, 0.717) is 5.82 Å². The number of pyridine rings is 1. The maximum Gasteiger partial charge on any atom is 0.161 e. The molecule has 1 aliphatic carbocycles. The van der Waals surface area contributed by atoms with Gasteiger partial charge in [0.15, 0.2) is 5.82 Å². The summed E-state index contributed by atoms with van der Waals surface area (Å²) in [5, 5.41) is 4.87. The minimum atomic E-state index is -0.114. The Morgan fingerprint density at radius 1 is 0.415 bits per heavy atom. The summed E-state index contributed by atoms with van der Waals surface area (Å²) in [7, 11) is 0. The molecule has 7 aromatic carbocycles. The van der Waals surface area contributed by atoms with Gasteiger partial charge in [0, 0.05) is 40.1 Å². The monoisotopic (exact) mass is 677 g/mol. The lowest BCUT2D eigenvalue weighted by atomic mass is 9.81. The molecular formula is C50H35N3. The summed E-state index contributed by atoms with van der Waals surface area (Å²) in [6.07, 6.45) is 3.70. The fourth-order valence-electron chi connectivity index (χ4n) is 8.37. The standard InChI is InChI=1S/C50H35N3/c1-50(2)43-23-11-22-41(48(43)47-37-19-7-6-13-32(37)24-27-44(47)50)40-25-26-42(39-21-9-8-20-38(39)40)49-52-45(33-14-4-3-5-15-33)30-46(53-49)35-17-10-16-34(29-35)36-18-12-28-51-31-36/h3-31H,1-2H3. The zero-order chi connectivity index (χ0) is 35.5. The van der Waals surface area contributed by atoms with Gasteiger partial charge in [-0.3, -0.25) is 4.98 Å². The van der Waals surface area contributed by atoms with Gasteiger partial charge in [0.2, 0.25) is 0 Å². The third-order valence-corrected chi connectivity index (χ3v) is 11.0. The molecular weight excluding hydrogens is 643 g/mol. The summed E-state index contributed by atoms with van der Waals surface area (Å²) in [4.78, 5) is 14.9. The minimum Gasteiger partial charge on any atom is -0.264 e. The molecule has 0 fully saturated rings. The van der Waals surface area contributed by atoms with Crippen molar-refractivity contribution in [1.82, 2.24) is 15.0 Å². The predicted octanol–water partition coefficient (Wildman–Crippen LogP) is 12.8. The van der Waals surface area contributed by atoms with Gasteiger partial charge in [-0.05, 0) is 84.8 Å². The molecule has 0 aliphatic heterocycles. The molecule has 3 nitrogen and oxygen atoms in total. The molecule has 0 unspecified atom stereocenters. The number of hydrogen-bond donors (Lipinski definition) is 0. The molecule has 0 saturated heterocycles. The zero-order valence-corrected chi connectivity index (χ0v) is 29.6. The van der Waals surface area contributed by atoms with E-state index in [2.05, 4.69) is 170 Å². The molecule has 10 rings (SSSR count). The molecule has 0 N–H and O–H groups in total. The van der Waals surface area contributed by atoms with Crippen molar-refractivity contribution >= 4 is 21.5 Å². The van der Waals surface area contributed by atoms with E-state index in [9.17, 15) is 0 Å². The molecule has 53 heavy (non-hydrogen) atoms. The third kappa shape index (κ3) is 5.08. The van der Waals surface area contributed by atoms with Crippen LogP contribution in [0.1, 0.15) is 25.0 Å². The van der Waals surface area contributed by atoms with Crippen molar-refractivity contribution in [3.8, 4) is 67.3 Å². The zero-order valence-electron chi connectivity index (χ0n) is 29.6. The first kappa shape index (κ1) is 31.1. The molecule has 2 heterocycles. The highest BCUT2D eigenvalue weighted by Gasteiger charge is 2.38. The summed E-state index contributed by atoms with van der Waals surface area (Å²) in [5.41, 5.74) is 14.8. The third-order valence-electron chi connectivity index (χ3n) is 11.0. The Morgan fingerprint density at radius 2 is 1.06 bits per heavy atom. The van der Waals surface area contributed by atoms with Gasteiger partial charge in [0.05, 0.1) is 11.4 Å². The first-order valence-electron chi connectivity index (χ1n) is 18.2. The van der Waals surface area contributed by atoms with E-state index in [1.54, 1.807) is 6.20 Å². The average molecular weight is 678 g/mol. The van der Waals surface area contributed by atoms with Crippen molar-refractivity contribution in [2.75, 3.05) is 0 Å². The van der Waals surface area contributed by atoms with Crippen LogP contribution < -0.4 is 0 Å². The SMILES string of the molecule is CC1(C)c2cccc(-c3ccc(-c4nc(-c5ccccc5)cc(-c5cccc(-c6cccnc6)c5)n4)c4ccccc34)c2-c2c1ccc1ccccc21. The van der Waals surface area contributed by atoms with E-state index in [4.69, 9.17) is 9.97 Å². The van der Waals surface area contributed by atoms with E-state index < -0.39 is 0 Å². The Hall–Kier alpha value is -6.71. The van der Waals surface area contributed by atoms with Crippen LogP contribution in [-0.4, -0.2) is 15.0 Å². The van der Waals surface area contributed by atoms with Crippen molar-refractivity contribution in [2.45, 2.75) is 19.3 Å². The molecule has 0 saturated carbocycles. The van der Waals surface area contributed by atoms with Crippen LogP contribution in [0.5, 0.6) is 0 Å². The Bertz CT molecular complexity index is 2860. The lowest BCUT2D eigenvalue weighted by Gasteiger charge is -2.22. The topological polar surface area (TPSA) is 38.7 Å². The van der Waals surface area contributed by atoms with Crippen LogP contribution in [0.4, 0.5) is 0 Å². The van der Waals surface area contributed by atoms with Gasteiger partial charge in [-0.25, -0.2) is 9.97 Å². The average Bonchev–Trinajstić information content (AvgIpc) is 3.47. The van der Waals surface area contributed by atoms with E-state index in [-0.39, 0.29) is 5.41 Å². The molecule has 1 aliphatic rings. The number of benzene rings is 7. The normalized spacial score (nSPS) is 12.9. The van der Waals surface area contributed by atoms with E-state index >= 15 is 0 Å². The largest absolute Gasteiger partial charge is 0.264 e. The highest BCUT2D eigenvalue weighted by atomic mass is 14.9. The van der Waals surface area contributed by atoms with Crippen LogP contribution >= 0.6 is 0 Å². The maximum atomic E-state index is 5.30. The van der Waals surface area contributed by atoms with E-state index in [1.165, 1.54) is 49.5 Å². The van der Waals surface area contributed by atoms with Gasteiger partial charge in [0.25, 0.3) is 0 Å². The fraction of sp³-hybridized carbons (Fsp3) is 0.0600. The second kappa shape index (κ2) is 12.2. The highest BCUT2D eigenvalue weighted by Crippen LogP contribution is 2.55. The van der Waals surface area contributed by atoms with Crippen LogP contribution in [0.15, 0.2) is 176 Å². The Balaban J connectivity index is 1.18. The van der Waals surface area contributed by atoms with Crippen LogP contribution in [0.25, 0.3) is 88.8 Å². The number of rotatable bonds is 5. The van der Waals surface area contributed by atoms with Crippen molar-refractivity contribution in [3.63, 3.8) is 0 Å². The number of fused-ring (bicyclic) bond motifs is 6. The van der Waals surface area contributed by atoms with Crippen molar-refractivity contribution in [1.29, 1.82) is 0 Å². The number of hydrogen-bond acceptors (Lipinski definition) is 3. The molecule has 0 bridgehead atoms. The predicted molar refractivity (Wildman–Crippen MR) is 220 cm³/mol. The minimum absolute atomic E-state index is 0.114. The van der Waals surface area contributed by atoms with Crippen LogP contribution in [0.3, 0.4) is 0 Å². The first-order valence-corrected chi connectivity index (χ1v) is 18.2. The second-order valence-corrected chi connectivity index (χ2v) is 14.4. The van der Waals surface area contributed by atoms with Gasteiger partial charge in [-0.1, -0.05) is 153 Å². The lowest BCUT2D eigenvalue weighted by Crippen LogP contribution is -2.14. The van der Waals surface area contributed by atoms with Gasteiger partial charge >= 0.3 is 0 Å². The van der Waals surface area contributed by atoms with Gasteiger partial charge in [-0.15, -0.1) is 0 Å². The highest BCUT2D eigenvalue weighted by molar-refractivity contribution is 6.11. The van der Waals surface area contributed by atoms with E-state index in [0.717, 1.165) is 44.6 Å². The fourth-order valence-corrected chi connectivity index (χ4v) is 8.37. The van der Waals surface area contributed by atoms with Crippen molar-refractivity contribution in [3.05, 3.63) is 187 Å². The van der Waals surface area contributed by atoms with Crippen LogP contribution in [-0.2, 0) is 5.41 Å². The van der Waals surface area contributed by atoms with Gasteiger partial charge < -0.3 is 0 Å². The summed E-state index contributed by atoms with van der Waals surface area (Å²) in [6.45, 7) is 4.72. The quantitative estimate of drug-likeness (QED) is 0.182. The second-order valence-electron chi connectivity index (χ2n) is 14.4. The molecule has 0 radical (unpaired) electrons. The summed E-state index contributed by atoms with van der Waals surface area (Å²) >= 11 is 0. The molecule has 0 amide bonds. The first-order chi connectivity index (χ1) is 26.0. The lowest BCUT2D eigenvalue weighted by molar-refractivity contribution is 0.661. The van der Waals surface area contributed by atoms with Gasteiger partial charge in [0.1, 0.15) is 0 Å². The van der Waals surface area contributed by atoms with Crippen molar-refractivity contribution < 1.29 is 0 Å². The van der Waals surface area contributed by atoms with E-state index in [1.807, 2.05) is 18.3 Å². The Labute approximate surface area is 309 Å². The summed E-state index contributed by atoms with van der Waals surface area (Å²) in [6, 6.07) is 58.6. The summed E-state index contributed by atoms with van der Waals surface area (Å²) < 4.78 is 0. The molecule has 2 aromatic heterocycles. The summed E-state index contributed by atoms with van der Waals surface area (Å²) in [5.74, 6) is 0.701. The molecule has 250 valence electrons. The molecule has 0 atom stereocenters. The Kier molecular flexibility index (Phi) is 7.16. The van der Waals surface area contributed by atoms with Crippen molar-refractivity contribution in [2.24, 2.45) is 0 Å². The molecule has 9 aromatic rings.